The lowest BCUT2D eigenvalue weighted by molar-refractivity contribution is 0.0985. The second-order valence-electron chi connectivity index (χ2n) is 4.08. The van der Waals surface area contributed by atoms with Crippen molar-refractivity contribution in [1.82, 2.24) is 4.57 Å². The highest BCUT2D eigenvalue weighted by molar-refractivity contribution is 6.77. The van der Waals surface area contributed by atoms with Gasteiger partial charge in [-0.3, -0.25) is 9.79 Å². The van der Waals surface area contributed by atoms with E-state index in [0.29, 0.717) is 18.7 Å². The highest BCUT2D eigenvalue weighted by Crippen LogP contribution is 2.31. The number of halogens is 3. The van der Waals surface area contributed by atoms with Crippen molar-refractivity contribution >= 4 is 46.8 Å². The van der Waals surface area contributed by atoms with Crippen molar-refractivity contribution in [3.63, 3.8) is 0 Å². The maximum atomic E-state index is 12.1. The molecule has 8 heteroatoms. The third-order valence-corrected chi connectivity index (χ3v) is 3.25. The summed E-state index contributed by atoms with van der Waals surface area (Å²) in [6, 6.07) is 3.12. The maximum absolute atomic E-state index is 12.1. The molecular weight excluding hydrogens is 323 g/mol. The van der Waals surface area contributed by atoms with Gasteiger partial charge in [-0.2, -0.15) is 5.11 Å². The third-order valence-electron chi connectivity index (χ3n) is 2.74. The number of carbonyl (C=O) groups is 1. The number of ketones is 1. The molecule has 5 nitrogen and oxygen atoms in total. The van der Waals surface area contributed by atoms with Crippen molar-refractivity contribution in [2.24, 2.45) is 10.1 Å². The summed E-state index contributed by atoms with van der Waals surface area (Å²) in [5.41, 5.74) is 7.32. The van der Waals surface area contributed by atoms with Crippen molar-refractivity contribution in [2.75, 3.05) is 13.1 Å². The van der Waals surface area contributed by atoms with E-state index in [9.17, 15) is 4.79 Å². The van der Waals surface area contributed by atoms with E-state index in [0.717, 1.165) is 0 Å². The molecule has 1 N–H and O–H groups in total. The van der Waals surface area contributed by atoms with Crippen LogP contribution in [0.3, 0.4) is 0 Å². The van der Waals surface area contributed by atoms with Gasteiger partial charge < -0.3 is 4.57 Å². The van der Waals surface area contributed by atoms with E-state index < -0.39 is 9.58 Å². The van der Waals surface area contributed by atoms with E-state index in [-0.39, 0.29) is 12.6 Å². The highest BCUT2D eigenvalue weighted by atomic mass is 35.6. The minimum Gasteiger partial charge on any atom is -0.340 e. The molecule has 1 aromatic heterocycles. The first kappa shape index (κ1) is 17.1. The summed E-state index contributed by atoms with van der Waals surface area (Å²) in [5.74, 6) is -0.596. The van der Waals surface area contributed by atoms with Gasteiger partial charge in [0.1, 0.15) is 0 Å². The average molecular weight is 338 g/mol. The monoisotopic (exact) mass is 336 g/mol. The number of Topliss-reactive ketones (excluding diaryl/α,β-unsaturated/α-hetero) is 1. The molecule has 1 rings (SSSR count). The molecule has 0 fully saturated rings. The SMILES string of the molecule is CC=NCCC(CN=N)n1cccc1C(=O)C(Cl)(Cl)Cl. The van der Waals surface area contributed by atoms with Crippen LogP contribution in [0.1, 0.15) is 29.9 Å². The Bertz CT molecular complexity index is 493. The lowest BCUT2D eigenvalue weighted by Gasteiger charge is -2.20. The minimum absolute atomic E-state index is 0.169. The average Bonchev–Trinajstić information content (AvgIpc) is 2.84. The first-order valence-corrected chi connectivity index (χ1v) is 7.11. The summed E-state index contributed by atoms with van der Waals surface area (Å²) in [5, 5.41) is 3.40. The van der Waals surface area contributed by atoms with Crippen LogP contribution in [-0.2, 0) is 0 Å². The highest BCUT2D eigenvalue weighted by Gasteiger charge is 2.34. The van der Waals surface area contributed by atoms with Crippen molar-refractivity contribution < 1.29 is 4.79 Å². The molecule has 0 aliphatic rings. The number of aliphatic imine (C=N–C) groups is 1. The van der Waals surface area contributed by atoms with E-state index in [1.807, 2.05) is 6.92 Å². The van der Waals surface area contributed by atoms with Gasteiger partial charge in [0.25, 0.3) is 3.79 Å². The first-order valence-electron chi connectivity index (χ1n) is 5.97. The van der Waals surface area contributed by atoms with Crippen molar-refractivity contribution in [3.05, 3.63) is 24.0 Å². The topological polar surface area (TPSA) is 70.6 Å². The lowest BCUT2D eigenvalue weighted by atomic mass is 10.2. The van der Waals surface area contributed by atoms with Gasteiger partial charge in [-0.05, 0) is 31.7 Å². The molecule has 0 aromatic carbocycles. The fourth-order valence-corrected chi connectivity index (χ4v) is 2.12. The Balaban J connectivity index is 3.00. The van der Waals surface area contributed by atoms with Gasteiger partial charge in [0, 0.05) is 12.7 Å². The van der Waals surface area contributed by atoms with Crippen LogP contribution in [0.4, 0.5) is 0 Å². The summed E-state index contributed by atoms with van der Waals surface area (Å²) in [4.78, 5) is 16.2. The van der Waals surface area contributed by atoms with Gasteiger partial charge in [0.15, 0.2) is 0 Å². The summed E-state index contributed by atoms with van der Waals surface area (Å²) < 4.78 is -0.312. The van der Waals surface area contributed by atoms with E-state index in [4.69, 9.17) is 40.3 Å². The van der Waals surface area contributed by atoms with Crippen LogP contribution in [0.15, 0.2) is 28.4 Å². The predicted octanol–water partition coefficient (Wildman–Crippen LogP) is 4.09. The van der Waals surface area contributed by atoms with Crippen LogP contribution >= 0.6 is 34.8 Å². The quantitative estimate of drug-likeness (QED) is 0.346. The zero-order valence-corrected chi connectivity index (χ0v) is 13.2. The lowest BCUT2D eigenvalue weighted by Crippen LogP contribution is -2.25. The summed E-state index contributed by atoms with van der Waals surface area (Å²) in [6.07, 6.45) is 4.06. The van der Waals surface area contributed by atoms with Crippen molar-refractivity contribution in [1.29, 1.82) is 5.53 Å². The van der Waals surface area contributed by atoms with Crippen LogP contribution in [0, 0.1) is 5.53 Å². The Labute approximate surface area is 132 Å². The van der Waals surface area contributed by atoms with Crippen LogP contribution < -0.4 is 0 Å². The Hall–Kier alpha value is -0.910. The van der Waals surface area contributed by atoms with E-state index >= 15 is 0 Å². The number of nitrogens with zero attached hydrogens (tertiary/aromatic N) is 3. The number of hydrogen-bond donors (Lipinski definition) is 1. The molecule has 0 bridgehead atoms. The van der Waals surface area contributed by atoms with E-state index in [1.165, 1.54) is 0 Å². The Kier molecular flexibility index (Phi) is 6.65. The predicted molar refractivity (Wildman–Crippen MR) is 81.8 cm³/mol. The minimum atomic E-state index is -2.00. The van der Waals surface area contributed by atoms with E-state index in [1.54, 1.807) is 29.1 Å². The van der Waals surface area contributed by atoms with E-state index in [2.05, 4.69) is 10.1 Å². The van der Waals surface area contributed by atoms with Gasteiger partial charge in [0.2, 0.25) is 5.78 Å². The number of hydrogen-bond acceptors (Lipinski definition) is 4. The summed E-state index contributed by atoms with van der Waals surface area (Å²) >= 11 is 16.9. The Morgan fingerprint density at radius 2 is 2.25 bits per heavy atom. The van der Waals surface area contributed by atoms with Gasteiger partial charge in [-0.15, -0.1) is 0 Å². The number of carbonyl (C=O) groups excluding carboxylic acids is 1. The van der Waals surface area contributed by atoms with Gasteiger partial charge >= 0.3 is 0 Å². The molecule has 0 saturated carbocycles. The molecule has 20 heavy (non-hydrogen) atoms. The van der Waals surface area contributed by atoms with Gasteiger partial charge in [-0.1, -0.05) is 34.8 Å². The molecule has 0 spiro atoms. The van der Waals surface area contributed by atoms with Crippen LogP contribution in [0.2, 0.25) is 0 Å². The van der Waals surface area contributed by atoms with Gasteiger partial charge in [-0.25, -0.2) is 5.53 Å². The molecular formula is C12H15Cl3N4O. The molecule has 110 valence electrons. The van der Waals surface area contributed by atoms with Crippen LogP contribution in [-0.4, -0.2) is 33.4 Å². The fraction of sp³-hybridized carbons (Fsp3) is 0.500. The number of aromatic nitrogens is 1. The summed E-state index contributed by atoms with van der Waals surface area (Å²) in [7, 11) is 0. The first-order chi connectivity index (χ1) is 9.41. The Morgan fingerprint density at radius 3 is 2.80 bits per heavy atom. The number of alkyl halides is 3. The van der Waals surface area contributed by atoms with Gasteiger partial charge in [0.05, 0.1) is 18.3 Å². The second kappa shape index (κ2) is 7.76. The summed E-state index contributed by atoms with van der Waals surface area (Å²) in [6.45, 7) is 2.65. The number of rotatable bonds is 7. The van der Waals surface area contributed by atoms with Crippen LogP contribution in [0.25, 0.3) is 0 Å². The molecule has 1 aromatic rings. The second-order valence-corrected chi connectivity index (χ2v) is 6.36. The van der Waals surface area contributed by atoms with Crippen LogP contribution in [0.5, 0.6) is 0 Å². The molecule has 0 aliphatic carbocycles. The standard InChI is InChI=1S/C12H15Cl3N4O/c1-2-17-6-5-9(8-18-16)19-7-3-4-10(19)11(20)12(13,14)15/h2-4,7,9,16H,5-6,8H2,1H3. The molecule has 1 atom stereocenters. The zero-order chi connectivity index (χ0) is 15.2. The molecule has 1 heterocycles. The zero-order valence-electron chi connectivity index (χ0n) is 10.9. The largest absolute Gasteiger partial charge is 0.340 e. The van der Waals surface area contributed by atoms with Crippen molar-refractivity contribution in [3.8, 4) is 0 Å². The van der Waals surface area contributed by atoms with Crippen molar-refractivity contribution in [2.45, 2.75) is 23.2 Å². The molecule has 0 aliphatic heterocycles. The smallest absolute Gasteiger partial charge is 0.255 e. The number of nitrogens with one attached hydrogen (secondary N) is 1. The fourth-order valence-electron chi connectivity index (χ4n) is 1.83. The maximum Gasteiger partial charge on any atom is 0.255 e. The molecule has 0 radical (unpaired) electrons. The normalized spacial score (nSPS) is 13.6. The molecule has 0 amide bonds. The third kappa shape index (κ3) is 4.58. The molecule has 0 saturated heterocycles. The Morgan fingerprint density at radius 1 is 1.55 bits per heavy atom. The molecule has 1 unspecified atom stereocenters.